The van der Waals surface area contributed by atoms with E-state index >= 15 is 0 Å². The van der Waals surface area contributed by atoms with E-state index in [1.807, 2.05) is 31.2 Å². The fraction of sp³-hybridized carbons (Fsp3) is 0.130. The van der Waals surface area contributed by atoms with Gasteiger partial charge in [-0.05, 0) is 36.8 Å². The largest absolute Gasteiger partial charge is 0.333 e. The summed E-state index contributed by atoms with van der Waals surface area (Å²) in [5.74, 6) is -1.20. The van der Waals surface area contributed by atoms with Crippen molar-refractivity contribution in [1.82, 2.24) is 14.1 Å². The number of pyridine rings is 1. The Hall–Kier alpha value is -4.07. The first kappa shape index (κ1) is 20.2. The Morgan fingerprint density at radius 3 is 2.48 bits per heavy atom. The van der Waals surface area contributed by atoms with Gasteiger partial charge in [0, 0.05) is 6.20 Å². The van der Waals surface area contributed by atoms with Crippen molar-refractivity contribution >= 4 is 22.6 Å². The number of halogens is 1. The summed E-state index contributed by atoms with van der Waals surface area (Å²) in [7, 11) is 0. The molecule has 4 rings (SSSR count). The summed E-state index contributed by atoms with van der Waals surface area (Å²) in [5, 5.41) is 2.67. The van der Waals surface area contributed by atoms with Gasteiger partial charge in [0.15, 0.2) is 0 Å². The summed E-state index contributed by atoms with van der Waals surface area (Å²) in [6.45, 7) is 1.57. The molecule has 0 aliphatic carbocycles. The van der Waals surface area contributed by atoms with Crippen LogP contribution >= 0.6 is 0 Å². The van der Waals surface area contributed by atoms with Crippen LogP contribution in [0, 0.1) is 12.7 Å². The maximum atomic E-state index is 13.9. The van der Waals surface area contributed by atoms with Gasteiger partial charge in [0.25, 0.3) is 5.56 Å². The van der Waals surface area contributed by atoms with Crippen LogP contribution in [0.3, 0.4) is 0 Å². The van der Waals surface area contributed by atoms with Crippen LogP contribution in [0.4, 0.5) is 10.1 Å². The van der Waals surface area contributed by atoms with Crippen molar-refractivity contribution < 1.29 is 9.18 Å². The van der Waals surface area contributed by atoms with Gasteiger partial charge in [-0.2, -0.15) is 0 Å². The van der Waals surface area contributed by atoms with Crippen LogP contribution in [0.15, 0.2) is 76.4 Å². The topological polar surface area (TPSA) is 86.0 Å². The summed E-state index contributed by atoms with van der Waals surface area (Å²) >= 11 is 0. The van der Waals surface area contributed by atoms with Crippen LogP contribution in [0.2, 0.25) is 0 Å². The van der Waals surface area contributed by atoms with E-state index in [1.165, 1.54) is 24.4 Å². The van der Waals surface area contributed by atoms with Crippen molar-refractivity contribution in [2.75, 3.05) is 5.32 Å². The summed E-state index contributed by atoms with van der Waals surface area (Å²) in [4.78, 5) is 42.8. The maximum Gasteiger partial charge on any atom is 0.333 e. The predicted molar refractivity (Wildman–Crippen MR) is 116 cm³/mol. The molecule has 0 aliphatic heterocycles. The zero-order valence-electron chi connectivity index (χ0n) is 16.7. The first-order chi connectivity index (χ1) is 14.9. The van der Waals surface area contributed by atoms with Crippen LogP contribution in [-0.4, -0.2) is 20.0 Å². The number of benzene rings is 2. The monoisotopic (exact) mass is 418 g/mol. The van der Waals surface area contributed by atoms with Gasteiger partial charge >= 0.3 is 5.69 Å². The highest BCUT2D eigenvalue weighted by Gasteiger charge is 2.17. The lowest BCUT2D eigenvalue weighted by Crippen LogP contribution is -2.42. The fourth-order valence-corrected chi connectivity index (χ4v) is 3.30. The first-order valence-electron chi connectivity index (χ1n) is 9.62. The Labute approximate surface area is 176 Å². The standard InChI is InChI=1S/C23H19FN4O3/c1-15-8-10-16(11-9-15)13-28-22(30)17-5-4-12-25-21(17)27(23(28)31)14-20(29)26-19-7-3-2-6-18(19)24/h2-12H,13-14H2,1H3,(H,26,29). The van der Waals surface area contributed by atoms with E-state index in [2.05, 4.69) is 10.3 Å². The van der Waals surface area contributed by atoms with E-state index in [-0.39, 0.29) is 23.3 Å². The number of anilines is 1. The van der Waals surface area contributed by atoms with E-state index in [1.54, 1.807) is 18.2 Å². The molecule has 1 amide bonds. The molecule has 8 heteroatoms. The van der Waals surface area contributed by atoms with Crippen molar-refractivity contribution in [2.45, 2.75) is 20.0 Å². The number of aryl methyl sites for hydroxylation is 1. The molecule has 0 unspecified atom stereocenters. The Kier molecular flexibility index (Phi) is 5.44. The smallest absolute Gasteiger partial charge is 0.322 e. The Balaban J connectivity index is 1.76. The van der Waals surface area contributed by atoms with Gasteiger partial charge in [-0.15, -0.1) is 0 Å². The number of aromatic nitrogens is 3. The van der Waals surface area contributed by atoms with Crippen molar-refractivity contribution in [3.8, 4) is 0 Å². The minimum absolute atomic E-state index is 0.00536. The number of rotatable bonds is 5. The van der Waals surface area contributed by atoms with E-state index in [0.29, 0.717) is 0 Å². The van der Waals surface area contributed by atoms with E-state index in [4.69, 9.17) is 0 Å². The molecular formula is C23H19FN4O3. The highest BCUT2D eigenvalue weighted by Crippen LogP contribution is 2.13. The van der Waals surface area contributed by atoms with Crippen LogP contribution in [-0.2, 0) is 17.9 Å². The summed E-state index contributed by atoms with van der Waals surface area (Å²) < 4.78 is 16.1. The Bertz CT molecular complexity index is 1390. The van der Waals surface area contributed by atoms with Crippen molar-refractivity contribution in [1.29, 1.82) is 0 Å². The minimum atomic E-state index is -0.666. The van der Waals surface area contributed by atoms with Crippen molar-refractivity contribution in [3.05, 3.63) is 105 Å². The molecule has 1 N–H and O–H groups in total. The number of nitrogens with zero attached hydrogens (tertiary/aromatic N) is 3. The number of hydrogen-bond acceptors (Lipinski definition) is 4. The Morgan fingerprint density at radius 2 is 1.74 bits per heavy atom. The van der Waals surface area contributed by atoms with Crippen molar-refractivity contribution in [3.63, 3.8) is 0 Å². The van der Waals surface area contributed by atoms with Gasteiger partial charge in [0.1, 0.15) is 18.0 Å². The fourth-order valence-electron chi connectivity index (χ4n) is 3.30. The molecule has 31 heavy (non-hydrogen) atoms. The van der Waals surface area contributed by atoms with Gasteiger partial charge < -0.3 is 5.32 Å². The molecule has 0 radical (unpaired) electrons. The molecule has 7 nitrogen and oxygen atoms in total. The van der Waals surface area contributed by atoms with Gasteiger partial charge in [-0.1, -0.05) is 42.0 Å². The molecule has 0 spiro atoms. The molecule has 0 atom stereocenters. The van der Waals surface area contributed by atoms with Crippen LogP contribution < -0.4 is 16.6 Å². The molecule has 0 fully saturated rings. The molecule has 2 aromatic heterocycles. The van der Waals surface area contributed by atoms with Crippen LogP contribution in [0.5, 0.6) is 0 Å². The second-order valence-corrected chi connectivity index (χ2v) is 7.15. The number of amides is 1. The van der Waals surface area contributed by atoms with E-state index < -0.39 is 29.5 Å². The molecule has 2 aromatic carbocycles. The highest BCUT2D eigenvalue weighted by molar-refractivity contribution is 5.91. The normalized spacial score (nSPS) is 10.9. The Morgan fingerprint density at radius 1 is 1.00 bits per heavy atom. The van der Waals surface area contributed by atoms with Crippen LogP contribution in [0.25, 0.3) is 11.0 Å². The van der Waals surface area contributed by atoms with Crippen molar-refractivity contribution in [2.24, 2.45) is 0 Å². The average molecular weight is 418 g/mol. The van der Waals surface area contributed by atoms with E-state index in [0.717, 1.165) is 20.3 Å². The number of carbonyl (C=O) groups excluding carboxylic acids is 1. The molecule has 0 saturated heterocycles. The average Bonchev–Trinajstić information content (AvgIpc) is 2.77. The third-order valence-corrected chi connectivity index (χ3v) is 4.89. The van der Waals surface area contributed by atoms with E-state index in [9.17, 15) is 18.8 Å². The molecule has 0 bridgehead atoms. The third kappa shape index (κ3) is 4.13. The lowest BCUT2D eigenvalue weighted by atomic mass is 10.1. The summed E-state index contributed by atoms with van der Waals surface area (Å²) in [6.07, 6.45) is 1.44. The zero-order valence-corrected chi connectivity index (χ0v) is 16.7. The molecule has 156 valence electrons. The zero-order chi connectivity index (χ0) is 22.0. The SMILES string of the molecule is Cc1ccc(Cn2c(=O)c3cccnc3n(CC(=O)Nc3ccccc3F)c2=O)cc1. The number of carbonyl (C=O) groups is 1. The van der Waals surface area contributed by atoms with Gasteiger partial charge in [-0.25, -0.2) is 14.2 Å². The molecule has 0 saturated carbocycles. The second-order valence-electron chi connectivity index (χ2n) is 7.15. The van der Waals surface area contributed by atoms with Gasteiger partial charge in [0.2, 0.25) is 5.91 Å². The predicted octanol–water partition coefficient (Wildman–Crippen LogP) is 2.69. The van der Waals surface area contributed by atoms with Gasteiger partial charge in [0.05, 0.1) is 17.6 Å². The summed E-state index contributed by atoms with van der Waals surface area (Å²) in [5.41, 5.74) is 0.781. The first-order valence-corrected chi connectivity index (χ1v) is 9.62. The number of fused-ring (bicyclic) bond motifs is 1. The maximum absolute atomic E-state index is 13.9. The lowest BCUT2D eigenvalue weighted by molar-refractivity contribution is -0.116. The molecular weight excluding hydrogens is 399 g/mol. The molecule has 2 heterocycles. The molecule has 4 aromatic rings. The minimum Gasteiger partial charge on any atom is -0.322 e. The number of nitrogens with one attached hydrogen (secondary N) is 1. The number of hydrogen-bond donors (Lipinski definition) is 1. The van der Waals surface area contributed by atoms with Crippen LogP contribution in [0.1, 0.15) is 11.1 Å². The lowest BCUT2D eigenvalue weighted by Gasteiger charge is -2.14. The number of para-hydroxylation sites is 1. The molecule has 0 aliphatic rings. The summed E-state index contributed by atoms with van der Waals surface area (Å²) in [6, 6.07) is 16.3. The quantitative estimate of drug-likeness (QED) is 0.540. The van der Waals surface area contributed by atoms with Gasteiger partial charge in [-0.3, -0.25) is 18.7 Å². The second kappa shape index (κ2) is 8.35. The third-order valence-electron chi connectivity index (χ3n) is 4.89. The highest BCUT2D eigenvalue weighted by atomic mass is 19.1.